The van der Waals surface area contributed by atoms with E-state index in [0.29, 0.717) is 11.4 Å². The molecule has 0 unspecified atom stereocenters. The van der Waals surface area contributed by atoms with Gasteiger partial charge in [0.25, 0.3) is 10.0 Å². The fourth-order valence-corrected chi connectivity index (χ4v) is 3.20. The molecular weight excluding hydrogens is 295 g/mol. The summed E-state index contributed by atoms with van der Waals surface area (Å²) in [4.78, 5) is -0.557. The van der Waals surface area contributed by atoms with E-state index in [1.54, 1.807) is 19.1 Å². The molecule has 2 aromatic carbocycles. The number of anilines is 2. The van der Waals surface area contributed by atoms with Gasteiger partial charge in [0, 0.05) is 5.69 Å². The summed E-state index contributed by atoms with van der Waals surface area (Å²) in [5, 5.41) is 0. The predicted molar refractivity (Wildman–Crippen MR) is 79.4 cm³/mol. The molecule has 0 heterocycles. The fourth-order valence-electron chi connectivity index (χ4n) is 1.96. The molecule has 5 nitrogen and oxygen atoms in total. The number of rotatable bonds is 4. The second kappa shape index (κ2) is 5.61. The Balaban J connectivity index is 2.40. The van der Waals surface area contributed by atoms with Crippen molar-refractivity contribution < 1.29 is 17.5 Å². The third-order valence-corrected chi connectivity index (χ3v) is 4.39. The van der Waals surface area contributed by atoms with Crippen LogP contribution in [-0.2, 0) is 10.0 Å². The van der Waals surface area contributed by atoms with Gasteiger partial charge < -0.3 is 10.5 Å². The van der Waals surface area contributed by atoms with Gasteiger partial charge in [-0.3, -0.25) is 4.72 Å². The fraction of sp³-hybridized carbons (Fsp3) is 0.143. The third kappa shape index (κ3) is 3.08. The summed E-state index contributed by atoms with van der Waals surface area (Å²) >= 11 is 0. The van der Waals surface area contributed by atoms with E-state index in [-0.39, 0.29) is 5.69 Å². The lowest BCUT2D eigenvalue weighted by Gasteiger charge is -2.12. The molecule has 0 amide bonds. The average molecular weight is 310 g/mol. The van der Waals surface area contributed by atoms with E-state index in [4.69, 9.17) is 10.5 Å². The summed E-state index contributed by atoms with van der Waals surface area (Å²) in [7, 11) is -2.58. The lowest BCUT2D eigenvalue weighted by atomic mass is 10.2. The van der Waals surface area contributed by atoms with Gasteiger partial charge in [-0.1, -0.05) is 6.07 Å². The largest absolute Gasteiger partial charge is 0.496 e. The zero-order valence-corrected chi connectivity index (χ0v) is 12.4. The van der Waals surface area contributed by atoms with Gasteiger partial charge in [-0.05, 0) is 42.8 Å². The maximum absolute atomic E-state index is 13.7. The van der Waals surface area contributed by atoms with E-state index in [1.165, 1.54) is 25.3 Å². The third-order valence-electron chi connectivity index (χ3n) is 2.91. The quantitative estimate of drug-likeness (QED) is 0.850. The maximum Gasteiger partial charge on any atom is 0.266 e. The number of hydrogen-bond donors (Lipinski definition) is 2. The minimum Gasteiger partial charge on any atom is -0.496 e. The number of nitrogen functional groups attached to an aromatic ring is 1. The van der Waals surface area contributed by atoms with E-state index >= 15 is 0 Å². The second-order valence-corrected chi connectivity index (χ2v) is 6.07. The number of sulfonamides is 1. The molecule has 0 atom stereocenters. The number of aryl methyl sites for hydroxylation is 1. The molecule has 112 valence electrons. The van der Waals surface area contributed by atoms with Crippen LogP contribution >= 0.6 is 0 Å². The summed E-state index contributed by atoms with van der Waals surface area (Å²) in [6, 6.07) is 8.47. The Labute approximate surface area is 122 Å². The summed E-state index contributed by atoms with van der Waals surface area (Å²) in [5.41, 5.74) is 6.46. The molecule has 0 saturated carbocycles. The summed E-state index contributed by atoms with van der Waals surface area (Å²) in [6.07, 6.45) is 0. The van der Waals surface area contributed by atoms with Crippen molar-refractivity contribution in [3.05, 3.63) is 47.8 Å². The highest BCUT2D eigenvalue weighted by atomic mass is 32.2. The lowest BCUT2D eigenvalue weighted by Crippen LogP contribution is -2.16. The van der Waals surface area contributed by atoms with Gasteiger partial charge in [0.05, 0.1) is 12.8 Å². The van der Waals surface area contributed by atoms with Gasteiger partial charge in [0.1, 0.15) is 16.5 Å². The van der Waals surface area contributed by atoms with Crippen LogP contribution in [0.5, 0.6) is 5.75 Å². The first-order valence-corrected chi connectivity index (χ1v) is 7.55. The minimum absolute atomic E-state index is 0.146. The van der Waals surface area contributed by atoms with Crippen molar-refractivity contribution >= 4 is 21.4 Å². The van der Waals surface area contributed by atoms with Crippen LogP contribution in [0.1, 0.15) is 5.56 Å². The smallest absolute Gasteiger partial charge is 0.266 e. The molecule has 0 aromatic heterocycles. The van der Waals surface area contributed by atoms with Gasteiger partial charge in [-0.2, -0.15) is 0 Å². The van der Waals surface area contributed by atoms with Crippen molar-refractivity contribution in [3.63, 3.8) is 0 Å². The highest BCUT2D eigenvalue weighted by Crippen LogP contribution is 2.26. The van der Waals surface area contributed by atoms with E-state index in [2.05, 4.69) is 4.72 Å². The first-order valence-electron chi connectivity index (χ1n) is 6.06. The topological polar surface area (TPSA) is 81.4 Å². The van der Waals surface area contributed by atoms with Crippen molar-refractivity contribution in [2.75, 3.05) is 17.6 Å². The monoisotopic (exact) mass is 310 g/mol. The van der Waals surface area contributed by atoms with Crippen LogP contribution in [0.2, 0.25) is 0 Å². The first-order chi connectivity index (χ1) is 9.85. The molecule has 2 aromatic rings. The molecule has 0 radical (unpaired) electrons. The Hall–Kier alpha value is -2.28. The van der Waals surface area contributed by atoms with Gasteiger partial charge in [0.15, 0.2) is 0 Å². The van der Waals surface area contributed by atoms with Crippen LogP contribution in [0, 0.1) is 12.7 Å². The zero-order chi connectivity index (χ0) is 15.6. The number of benzene rings is 2. The van der Waals surface area contributed by atoms with Gasteiger partial charge >= 0.3 is 0 Å². The van der Waals surface area contributed by atoms with Gasteiger partial charge in [0.2, 0.25) is 0 Å². The summed E-state index contributed by atoms with van der Waals surface area (Å²) in [5.74, 6) is -0.268. The molecule has 0 bridgehead atoms. The Bertz CT molecular complexity index is 756. The molecule has 0 aliphatic carbocycles. The molecule has 0 saturated heterocycles. The highest BCUT2D eigenvalue weighted by molar-refractivity contribution is 7.92. The second-order valence-electron chi connectivity index (χ2n) is 4.45. The Morgan fingerprint density at radius 3 is 2.52 bits per heavy atom. The molecule has 3 N–H and O–H groups in total. The van der Waals surface area contributed by atoms with Crippen molar-refractivity contribution in [1.29, 1.82) is 0 Å². The Morgan fingerprint density at radius 2 is 1.95 bits per heavy atom. The molecule has 0 aliphatic heterocycles. The number of nitrogens with two attached hydrogens (primary N) is 1. The van der Waals surface area contributed by atoms with Crippen LogP contribution < -0.4 is 15.2 Å². The van der Waals surface area contributed by atoms with Gasteiger partial charge in [-0.15, -0.1) is 0 Å². The van der Waals surface area contributed by atoms with E-state index in [0.717, 1.165) is 11.6 Å². The standard InChI is InChI=1S/C14H15FN2O3S/c1-9-8-10(6-7-13(9)20-2)17-21(18,19)14-11(15)4-3-5-12(14)16/h3-8,17H,16H2,1-2H3. The number of ether oxygens (including phenoxy) is 1. The van der Waals surface area contributed by atoms with Crippen LogP contribution in [0.25, 0.3) is 0 Å². The number of hydrogen-bond acceptors (Lipinski definition) is 4. The Morgan fingerprint density at radius 1 is 1.24 bits per heavy atom. The summed E-state index contributed by atoms with van der Waals surface area (Å²) in [6.45, 7) is 1.77. The first kappa shape index (κ1) is 15.1. The summed E-state index contributed by atoms with van der Waals surface area (Å²) < 4.78 is 45.6. The highest BCUT2D eigenvalue weighted by Gasteiger charge is 2.22. The minimum atomic E-state index is -4.10. The number of nitrogens with one attached hydrogen (secondary N) is 1. The lowest BCUT2D eigenvalue weighted by molar-refractivity contribution is 0.412. The van der Waals surface area contributed by atoms with Crippen LogP contribution in [0.4, 0.5) is 15.8 Å². The van der Waals surface area contributed by atoms with Crippen molar-refractivity contribution in [1.82, 2.24) is 0 Å². The normalized spacial score (nSPS) is 11.2. The van der Waals surface area contributed by atoms with Crippen molar-refractivity contribution in [2.24, 2.45) is 0 Å². The van der Waals surface area contributed by atoms with Gasteiger partial charge in [-0.25, -0.2) is 12.8 Å². The zero-order valence-electron chi connectivity index (χ0n) is 11.6. The molecule has 0 fully saturated rings. The molecular formula is C14H15FN2O3S. The van der Waals surface area contributed by atoms with E-state index in [9.17, 15) is 12.8 Å². The van der Waals surface area contributed by atoms with Crippen LogP contribution in [-0.4, -0.2) is 15.5 Å². The molecule has 21 heavy (non-hydrogen) atoms. The molecule has 0 aliphatic rings. The van der Waals surface area contributed by atoms with Crippen LogP contribution in [0.3, 0.4) is 0 Å². The molecule has 0 spiro atoms. The predicted octanol–water partition coefficient (Wildman–Crippen LogP) is 2.53. The number of methoxy groups -OCH3 is 1. The SMILES string of the molecule is COc1ccc(NS(=O)(=O)c2c(N)cccc2F)cc1C. The van der Waals surface area contributed by atoms with Crippen molar-refractivity contribution in [3.8, 4) is 5.75 Å². The molecule has 2 rings (SSSR count). The molecule has 7 heteroatoms. The Kier molecular flexibility index (Phi) is 4.04. The average Bonchev–Trinajstić information content (AvgIpc) is 2.37. The maximum atomic E-state index is 13.7. The van der Waals surface area contributed by atoms with E-state index in [1.807, 2.05) is 0 Å². The van der Waals surface area contributed by atoms with E-state index < -0.39 is 20.7 Å². The number of halogens is 1. The van der Waals surface area contributed by atoms with Crippen LogP contribution in [0.15, 0.2) is 41.3 Å². The van der Waals surface area contributed by atoms with Crippen molar-refractivity contribution in [2.45, 2.75) is 11.8 Å².